The number of ether oxygens (including phenoxy) is 1. The van der Waals surface area contributed by atoms with Crippen molar-refractivity contribution < 1.29 is 27.1 Å². The summed E-state index contributed by atoms with van der Waals surface area (Å²) in [7, 11) is 0. The molecule has 1 aliphatic heterocycles. The number of esters is 1. The molecule has 0 N–H and O–H groups in total. The fourth-order valence-electron chi connectivity index (χ4n) is 2.76. The van der Waals surface area contributed by atoms with Gasteiger partial charge < -0.3 is 9.15 Å². The van der Waals surface area contributed by atoms with E-state index in [9.17, 15) is 18.0 Å². The molecule has 9 heteroatoms. The van der Waals surface area contributed by atoms with Crippen LogP contribution in [0.2, 0.25) is 0 Å². The second-order valence-corrected chi connectivity index (χ2v) is 8.77. The van der Waals surface area contributed by atoms with Crippen molar-refractivity contribution in [3.8, 4) is 0 Å². The topological polar surface area (TPSA) is 52.3 Å². The van der Waals surface area contributed by atoms with Crippen LogP contribution in [0.25, 0.3) is 11.1 Å². The van der Waals surface area contributed by atoms with E-state index >= 15 is 0 Å². The lowest BCUT2D eigenvalue weighted by Crippen LogP contribution is -2.26. The van der Waals surface area contributed by atoms with Crippen molar-refractivity contribution in [2.24, 2.45) is 0 Å². The van der Waals surface area contributed by atoms with Crippen molar-refractivity contribution in [2.75, 3.05) is 11.5 Å². The van der Waals surface area contributed by atoms with E-state index in [2.05, 4.69) is 4.98 Å². The quantitative estimate of drug-likeness (QED) is 0.495. The van der Waals surface area contributed by atoms with Crippen molar-refractivity contribution in [1.29, 1.82) is 0 Å². The fourth-order valence-corrected chi connectivity index (χ4v) is 5.62. The van der Waals surface area contributed by atoms with Crippen LogP contribution in [-0.4, -0.2) is 28.6 Å². The minimum atomic E-state index is -4.85. The number of carbonyl (C=O) groups is 1. The van der Waals surface area contributed by atoms with Crippen LogP contribution in [0.15, 0.2) is 52.9 Å². The number of alkyl halides is 3. The molecule has 0 unspecified atom stereocenters. The second-order valence-electron chi connectivity index (χ2n) is 6.04. The zero-order valence-corrected chi connectivity index (χ0v) is 15.9. The Bertz CT molecular complexity index is 949. The Balaban J connectivity index is 1.55. The third-order valence-electron chi connectivity index (χ3n) is 4.10. The standard InChI is InChI=1S/C19H14F3NO3S2/c20-19(21,22)15(16-23-13-3-1-2-4-14(13)25-16)26-17(24)11-5-7-12(8-6-11)18-27-9-10-28-18/h1-8,15,18H,9-10H2/t15-/m1/s1. The lowest BCUT2D eigenvalue weighted by Gasteiger charge is -2.18. The normalized spacial score (nSPS) is 16.4. The highest BCUT2D eigenvalue weighted by molar-refractivity contribution is 8.19. The van der Waals surface area contributed by atoms with Crippen molar-refractivity contribution >= 4 is 40.6 Å². The summed E-state index contributed by atoms with van der Waals surface area (Å²) in [5.41, 5.74) is 1.52. The fraction of sp³-hybridized carbons (Fsp3) is 0.263. The van der Waals surface area contributed by atoms with Crippen molar-refractivity contribution in [3.63, 3.8) is 0 Å². The minimum absolute atomic E-state index is 0.0436. The van der Waals surface area contributed by atoms with Crippen molar-refractivity contribution in [3.05, 3.63) is 65.5 Å². The largest absolute Gasteiger partial charge is 0.439 e. The predicted octanol–water partition coefficient (Wildman–Crippen LogP) is 5.77. The summed E-state index contributed by atoms with van der Waals surface area (Å²) < 4.78 is 50.7. The van der Waals surface area contributed by atoms with Gasteiger partial charge in [0, 0.05) is 11.5 Å². The molecule has 1 fully saturated rings. The number of hydrogen-bond acceptors (Lipinski definition) is 6. The third-order valence-corrected chi connectivity index (χ3v) is 7.20. The molecule has 1 atom stereocenters. The number of benzene rings is 2. The van der Waals surface area contributed by atoms with Gasteiger partial charge in [-0.3, -0.25) is 0 Å². The Hall–Kier alpha value is -2.13. The van der Waals surface area contributed by atoms with E-state index in [4.69, 9.17) is 9.15 Å². The van der Waals surface area contributed by atoms with Gasteiger partial charge in [0.05, 0.1) is 10.1 Å². The molecular formula is C19H14F3NO3S2. The third kappa shape index (κ3) is 4.00. The first-order valence-electron chi connectivity index (χ1n) is 8.38. The second kappa shape index (κ2) is 7.71. The molecule has 2 aromatic carbocycles. The van der Waals surface area contributed by atoms with Gasteiger partial charge >= 0.3 is 12.1 Å². The minimum Gasteiger partial charge on any atom is -0.439 e. The molecule has 146 valence electrons. The Morgan fingerprint density at radius 1 is 1.11 bits per heavy atom. The first kappa shape index (κ1) is 19.2. The Labute approximate surface area is 166 Å². The van der Waals surface area contributed by atoms with E-state index in [-0.39, 0.29) is 21.2 Å². The van der Waals surface area contributed by atoms with Gasteiger partial charge in [0.25, 0.3) is 6.10 Å². The zero-order chi connectivity index (χ0) is 19.7. The highest BCUT2D eigenvalue weighted by atomic mass is 32.2. The molecule has 28 heavy (non-hydrogen) atoms. The van der Waals surface area contributed by atoms with Crippen LogP contribution < -0.4 is 0 Å². The molecule has 3 aromatic rings. The van der Waals surface area contributed by atoms with Gasteiger partial charge in [0.1, 0.15) is 5.52 Å². The van der Waals surface area contributed by atoms with E-state index in [1.807, 2.05) is 0 Å². The van der Waals surface area contributed by atoms with E-state index in [0.29, 0.717) is 0 Å². The average Bonchev–Trinajstić information content (AvgIpc) is 3.34. The summed E-state index contributed by atoms with van der Waals surface area (Å²) in [5.74, 6) is 0.327. The molecular weight excluding hydrogens is 411 g/mol. The van der Waals surface area contributed by atoms with Crippen LogP contribution in [0.4, 0.5) is 13.2 Å². The molecule has 2 heterocycles. The van der Waals surface area contributed by atoms with Crippen molar-refractivity contribution in [2.45, 2.75) is 16.9 Å². The Morgan fingerprint density at radius 2 is 1.79 bits per heavy atom. The monoisotopic (exact) mass is 425 g/mol. The smallest absolute Gasteiger partial charge is 0.434 e. The molecule has 1 aliphatic rings. The number of para-hydroxylation sites is 2. The van der Waals surface area contributed by atoms with Gasteiger partial charge in [-0.05, 0) is 29.8 Å². The summed E-state index contributed by atoms with van der Waals surface area (Å²) in [6.07, 6.45) is -7.43. The number of halogens is 3. The number of oxazole rings is 1. The van der Waals surface area contributed by atoms with Gasteiger partial charge in [-0.25, -0.2) is 9.78 Å². The number of hydrogen-bond donors (Lipinski definition) is 0. The number of carbonyl (C=O) groups excluding carboxylic acids is 1. The molecule has 0 spiro atoms. The molecule has 4 rings (SSSR count). The van der Waals surface area contributed by atoms with Crippen molar-refractivity contribution in [1.82, 2.24) is 4.98 Å². The van der Waals surface area contributed by atoms with Gasteiger partial charge in [-0.2, -0.15) is 13.2 Å². The first-order valence-corrected chi connectivity index (χ1v) is 10.5. The number of aromatic nitrogens is 1. The molecule has 0 bridgehead atoms. The van der Waals surface area contributed by atoms with Crippen LogP contribution in [-0.2, 0) is 4.74 Å². The van der Waals surface area contributed by atoms with Crippen LogP contribution >= 0.6 is 23.5 Å². The van der Waals surface area contributed by atoms with E-state index in [1.165, 1.54) is 24.3 Å². The van der Waals surface area contributed by atoms with Crippen LogP contribution in [0.5, 0.6) is 0 Å². The lowest BCUT2D eigenvalue weighted by molar-refractivity contribution is -0.213. The molecule has 0 saturated carbocycles. The molecule has 1 aromatic heterocycles. The Morgan fingerprint density at radius 3 is 2.43 bits per heavy atom. The van der Waals surface area contributed by atoms with E-state index in [0.717, 1.165) is 17.1 Å². The zero-order valence-electron chi connectivity index (χ0n) is 14.3. The average molecular weight is 425 g/mol. The summed E-state index contributed by atoms with van der Waals surface area (Å²) in [5, 5.41) is 0. The Kier molecular flexibility index (Phi) is 5.29. The molecule has 0 amide bonds. The van der Waals surface area contributed by atoms with Gasteiger partial charge in [-0.15, -0.1) is 23.5 Å². The summed E-state index contributed by atoms with van der Waals surface area (Å²) in [6.45, 7) is 0. The SMILES string of the molecule is O=C(O[C@H](c1nc2ccccc2o1)C(F)(F)F)c1ccc(C2SCCS2)cc1. The summed E-state index contributed by atoms with van der Waals surface area (Å²) in [4.78, 5) is 16.1. The highest BCUT2D eigenvalue weighted by Crippen LogP contribution is 2.45. The van der Waals surface area contributed by atoms with Crippen LogP contribution in [0, 0.1) is 0 Å². The number of fused-ring (bicyclic) bond motifs is 1. The van der Waals surface area contributed by atoms with Crippen LogP contribution in [0.1, 0.15) is 32.5 Å². The summed E-state index contributed by atoms with van der Waals surface area (Å²) in [6, 6.07) is 12.7. The number of thioether (sulfide) groups is 2. The maximum atomic E-state index is 13.5. The maximum absolute atomic E-state index is 13.5. The van der Waals surface area contributed by atoms with Crippen LogP contribution in [0.3, 0.4) is 0 Å². The number of nitrogens with zero attached hydrogens (tertiary/aromatic N) is 1. The molecule has 0 aliphatic carbocycles. The first-order chi connectivity index (χ1) is 13.4. The summed E-state index contributed by atoms with van der Waals surface area (Å²) >= 11 is 3.60. The highest BCUT2D eigenvalue weighted by Gasteiger charge is 2.47. The maximum Gasteiger partial charge on any atom is 0.434 e. The van der Waals surface area contributed by atoms with E-state index < -0.39 is 24.1 Å². The predicted molar refractivity (Wildman–Crippen MR) is 102 cm³/mol. The molecule has 4 nitrogen and oxygen atoms in total. The van der Waals surface area contributed by atoms with Gasteiger partial charge in [0.15, 0.2) is 5.58 Å². The molecule has 1 saturated heterocycles. The van der Waals surface area contributed by atoms with Gasteiger partial charge in [-0.1, -0.05) is 24.3 Å². The lowest BCUT2D eigenvalue weighted by atomic mass is 10.1. The van der Waals surface area contributed by atoms with Gasteiger partial charge in [0.2, 0.25) is 5.89 Å². The molecule has 0 radical (unpaired) electrons. The van der Waals surface area contributed by atoms with E-state index in [1.54, 1.807) is 47.8 Å². The number of rotatable bonds is 4.